The zero-order valence-electron chi connectivity index (χ0n) is 15.2. The van der Waals surface area contributed by atoms with Gasteiger partial charge in [0.25, 0.3) is 0 Å². The highest BCUT2D eigenvalue weighted by Gasteiger charge is 2.21. The molecular formula is C21H24N2O3. The zero-order chi connectivity index (χ0) is 18.5. The molecule has 0 bridgehead atoms. The van der Waals surface area contributed by atoms with E-state index in [1.165, 1.54) is 18.2 Å². The van der Waals surface area contributed by atoms with Gasteiger partial charge in [-0.25, -0.2) is 4.79 Å². The van der Waals surface area contributed by atoms with Crippen molar-refractivity contribution in [2.24, 2.45) is 0 Å². The molecule has 136 valence electrons. The van der Waals surface area contributed by atoms with Crippen molar-refractivity contribution in [3.8, 4) is 0 Å². The van der Waals surface area contributed by atoms with Crippen LogP contribution in [0.4, 0.5) is 5.69 Å². The van der Waals surface area contributed by atoms with Gasteiger partial charge in [0, 0.05) is 5.69 Å². The second-order valence-electron chi connectivity index (χ2n) is 6.59. The van der Waals surface area contributed by atoms with Crippen LogP contribution in [0.25, 0.3) is 0 Å². The summed E-state index contributed by atoms with van der Waals surface area (Å²) >= 11 is 0. The number of methoxy groups -OCH3 is 1. The Morgan fingerprint density at radius 2 is 2.00 bits per heavy atom. The lowest BCUT2D eigenvalue weighted by Crippen LogP contribution is -2.35. The quantitative estimate of drug-likeness (QED) is 0.810. The van der Waals surface area contributed by atoms with Crippen LogP contribution >= 0.6 is 0 Å². The van der Waals surface area contributed by atoms with Crippen molar-refractivity contribution in [2.45, 2.75) is 32.2 Å². The lowest BCUT2D eigenvalue weighted by molar-refractivity contribution is -0.120. The third-order valence-corrected chi connectivity index (χ3v) is 4.80. The van der Waals surface area contributed by atoms with Crippen LogP contribution in [0, 0.1) is 6.92 Å². The summed E-state index contributed by atoms with van der Waals surface area (Å²) in [6.07, 6.45) is 3.11. The molecule has 1 aliphatic rings. The first-order chi connectivity index (χ1) is 12.6. The number of rotatable bonds is 5. The minimum Gasteiger partial charge on any atom is -0.465 e. The lowest BCUT2D eigenvalue weighted by Gasteiger charge is -2.26. The molecule has 0 saturated carbocycles. The number of esters is 1. The molecule has 0 fully saturated rings. The maximum absolute atomic E-state index is 12.4. The summed E-state index contributed by atoms with van der Waals surface area (Å²) in [5.41, 5.74) is 4.72. The van der Waals surface area contributed by atoms with Gasteiger partial charge in [0.15, 0.2) is 0 Å². The van der Waals surface area contributed by atoms with Crippen LogP contribution in [0.1, 0.15) is 45.9 Å². The van der Waals surface area contributed by atoms with Gasteiger partial charge in [-0.05, 0) is 55.0 Å². The number of fused-ring (bicyclic) bond motifs is 1. The first kappa shape index (κ1) is 18.0. The highest BCUT2D eigenvalue weighted by molar-refractivity contribution is 5.91. The molecule has 1 atom stereocenters. The van der Waals surface area contributed by atoms with Crippen LogP contribution in [0.15, 0.2) is 42.5 Å². The number of benzene rings is 2. The van der Waals surface area contributed by atoms with E-state index in [0.717, 1.165) is 30.5 Å². The minimum atomic E-state index is -0.392. The van der Waals surface area contributed by atoms with Crippen molar-refractivity contribution in [3.63, 3.8) is 0 Å². The summed E-state index contributed by atoms with van der Waals surface area (Å²) in [6, 6.07) is 13.6. The highest BCUT2D eigenvalue weighted by Crippen LogP contribution is 2.29. The van der Waals surface area contributed by atoms with E-state index in [1.54, 1.807) is 12.1 Å². The maximum atomic E-state index is 12.4. The molecule has 0 saturated heterocycles. The van der Waals surface area contributed by atoms with Crippen LogP contribution < -0.4 is 10.6 Å². The standard InChI is InChI=1S/C21H24N2O3/c1-14-10-11-16(21(25)26-2)12-19(14)22-13-20(24)23-18-9-5-7-15-6-3-4-8-17(15)18/h3-4,6,8,10-12,18,22H,5,7,9,13H2,1-2H3,(H,23,24). The van der Waals surface area contributed by atoms with E-state index in [4.69, 9.17) is 4.74 Å². The summed E-state index contributed by atoms with van der Waals surface area (Å²) in [5.74, 6) is -0.453. The van der Waals surface area contributed by atoms with Crippen LogP contribution in [0.3, 0.4) is 0 Å². The molecule has 0 spiro atoms. The molecular weight excluding hydrogens is 328 g/mol. The molecule has 5 heteroatoms. The topological polar surface area (TPSA) is 67.4 Å². The molecule has 2 aromatic rings. The van der Waals surface area contributed by atoms with Crippen molar-refractivity contribution < 1.29 is 14.3 Å². The largest absolute Gasteiger partial charge is 0.465 e. The first-order valence-electron chi connectivity index (χ1n) is 8.88. The van der Waals surface area contributed by atoms with Crippen molar-refractivity contribution >= 4 is 17.6 Å². The Labute approximate surface area is 153 Å². The number of anilines is 1. The predicted molar refractivity (Wildman–Crippen MR) is 101 cm³/mol. The number of amides is 1. The fourth-order valence-electron chi connectivity index (χ4n) is 3.38. The zero-order valence-corrected chi connectivity index (χ0v) is 15.2. The number of aryl methyl sites for hydroxylation is 2. The van der Waals surface area contributed by atoms with E-state index >= 15 is 0 Å². The summed E-state index contributed by atoms with van der Waals surface area (Å²) in [6.45, 7) is 2.09. The summed E-state index contributed by atoms with van der Waals surface area (Å²) < 4.78 is 4.74. The average molecular weight is 352 g/mol. The van der Waals surface area contributed by atoms with Crippen molar-refractivity contribution in [1.29, 1.82) is 0 Å². The van der Waals surface area contributed by atoms with Crippen LogP contribution in [-0.2, 0) is 16.0 Å². The number of nitrogens with one attached hydrogen (secondary N) is 2. The second-order valence-corrected chi connectivity index (χ2v) is 6.59. The van der Waals surface area contributed by atoms with E-state index in [-0.39, 0.29) is 18.5 Å². The number of ether oxygens (including phenoxy) is 1. The van der Waals surface area contributed by atoms with E-state index < -0.39 is 5.97 Å². The Morgan fingerprint density at radius 1 is 1.19 bits per heavy atom. The van der Waals surface area contributed by atoms with Gasteiger partial charge in [-0.2, -0.15) is 0 Å². The maximum Gasteiger partial charge on any atom is 0.337 e. The van der Waals surface area contributed by atoms with Gasteiger partial charge in [0.2, 0.25) is 5.91 Å². The summed E-state index contributed by atoms with van der Waals surface area (Å²) in [5, 5.41) is 6.25. The molecule has 5 nitrogen and oxygen atoms in total. The highest BCUT2D eigenvalue weighted by atomic mass is 16.5. The third-order valence-electron chi connectivity index (χ3n) is 4.80. The molecule has 3 rings (SSSR count). The van der Waals surface area contributed by atoms with Gasteiger partial charge >= 0.3 is 5.97 Å². The fourth-order valence-corrected chi connectivity index (χ4v) is 3.38. The Balaban J connectivity index is 1.63. The van der Waals surface area contributed by atoms with Crippen LogP contribution in [-0.4, -0.2) is 25.5 Å². The Morgan fingerprint density at radius 3 is 2.81 bits per heavy atom. The lowest BCUT2D eigenvalue weighted by atomic mass is 9.88. The minimum absolute atomic E-state index is 0.0606. The molecule has 2 aromatic carbocycles. The van der Waals surface area contributed by atoms with Gasteiger partial charge in [-0.3, -0.25) is 4.79 Å². The van der Waals surface area contributed by atoms with E-state index in [2.05, 4.69) is 22.8 Å². The van der Waals surface area contributed by atoms with E-state index in [9.17, 15) is 9.59 Å². The molecule has 0 aromatic heterocycles. The van der Waals surface area contributed by atoms with Crippen molar-refractivity contribution in [1.82, 2.24) is 5.32 Å². The second kappa shape index (κ2) is 8.04. The van der Waals surface area contributed by atoms with Crippen LogP contribution in [0.2, 0.25) is 0 Å². The van der Waals surface area contributed by atoms with Gasteiger partial charge in [-0.15, -0.1) is 0 Å². The van der Waals surface area contributed by atoms with Gasteiger partial charge < -0.3 is 15.4 Å². The van der Waals surface area contributed by atoms with Gasteiger partial charge in [0.05, 0.1) is 25.3 Å². The third kappa shape index (κ3) is 4.04. The Kier molecular flexibility index (Phi) is 5.56. The summed E-state index contributed by atoms with van der Waals surface area (Å²) in [7, 11) is 1.35. The monoisotopic (exact) mass is 352 g/mol. The molecule has 26 heavy (non-hydrogen) atoms. The molecule has 0 radical (unpaired) electrons. The smallest absolute Gasteiger partial charge is 0.337 e. The van der Waals surface area contributed by atoms with Crippen LogP contribution in [0.5, 0.6) is 0 Å². The fraction of sp³-hybridized carbons (Fsp3) is 0.333. The number of hydrogen-bond acceptors (Lipinski definition) is 4. The average Bonchev–Trinajstić information content (AvgIpc) is 2.67. The number of carbonyl (C=O) groups excluding carboxylic acids is 2. The molecule has 1 aliphatic carbocycles. The first-order valence-corrected chi connectivity index (χ1v) is 8.88. The molecule has 2 N–H and O–H groups in total. The van der Waals surface area contributed by atoms with Crippen molar-refractivity contribution in [2.75, 3.05) is 19.0 Å². The van der Waals surface area contributed by atoms with E-state index in [0.29, 0.717) is 5.56 Å². The summed E-state index contributed by atoms with van der Waals surface area (Å²) in [4.78, 5) is 24.1. The Hall–Kier alpha value is -2.82. The number of hydrogen-bond donors (Lipinski definition) is 2. The predicted octanol–water partition coefficient (Wildman–Crippen LogP) is 3.39. The van der Waals surface area contributed by atoms with Gasteiger partial charge in [-0.1, -0.05) is 30.3 Å². The Bertz CT molecular complexity index is 817. The molecule has 0 aliphatic heterocycles. The number of carbonyl (C=O) groups is 2. The molecule has 1 amide bonds. The molecule has 1 unspecified atom stereocenters. The van der Waals surface area contributed by atoms with Crippen molar-refractivity contribution in [3.05, 3.63) is 64.7 Å². The van der Waals surface area contributed by atoms with Gasteiger partial charge in [0.1, 0.15) is 0 Å². The molecule has 0 heterocycles. The normalized spacial score (nSPS) is 15.7. The SMILES string of the molecule is COC(=O)c1ccc(C)c(NCC(=O)NC2CCCc3ccccc32)c1. The van der Waals surface area contributed by atoms with E-state index in [1.807, 2.05) is 25.1 Å².